The summed E-state index contributed by atoms with van der Waals surface area (Å²) in [5, 5.41) is 2.59. The standard InChI is InChI=1S/C21H19IN2O4S/c1-3-27-17-11-14(9-15-19(25)23-21(29)24(2)20(15)26)10-16(22)18(17)28-12-13-7-5-4-6-8-13/h4-11H,3,12H2,1-2H3,(H,23,25,29)/b15-9+. The Morgan fingerprint density at radius 1 is 1.17 bits per heavy atom. The van der Waals surface area contributed by atoms with Crippen molar-refractivity contribution in [1.29, 1.82) is 0 Å². The zero-order chi connectivity index (χ0) is 21.0. The van der Waals surface area contributed by atoms with E-state index in [1.165, 1.54) is 18.0 Å². The van der Waals surface area contributed by atoms with Crippen molar-refractivity contribution < 1.29 is 19.1 Å². The molecule has 8 heteroatoms. The highest BCUT2D eigenvalue weighted by atomic mass is 127. The van der Waals surface area contributed by atoms with Crippen molar-refractivity contribution >= 4 is 57.8 Å². The maximum atomic E-state index is 12.4. The number of amides is 2. The molecule has 0 atom stereocenters. The number of nitrogens with one attached hydrogen (secondary N) is 1. The van der Waals surface area contributed by atoms with Crippen molar-refractivity contribution in [1.82, 2.24) is 10.2 Å². The molecule has 1 saturated heterocycles. The second-order valence-electron chi connectivity index (χ2n) is 6.22. The van der Waals surface area contributed by atoms with Gasteiger partial charge in [-0.05, 0) is 71.1 Å². The summed E-state index contributed by atoms with van der Waals surface area (Å²) in [5.41, 5.74) is 1.71. The van der Waals surface area contributed by atoms with Crippen LogP contribution in [0.4, 0.5) is 0 Å². The Hall–Kier alpha value is -2.46. The third kappa shape index (κ3) is 4.94. The van der Waals surface area contributed by atoms with Crippen LogP contribution in [-0.4, -0.2) is 35.5 Å². The Kier molecular flexibility index (Phi) is 6.86. The van der Waals surface area contributed by atoms with Gasteiger partial charge in [0.1, 0.15) is 12.2 Å². The minimum absolute atomic E-state index is 0.0114. The first-order valence-electron chi connectivity index (χ1n) is 8.88. The van der Waals surface area contributed by atoms with Gasteiger partial charge in [0.05, 0.1) is 10.2 Å². The molecule has 150 valence electrons. The van der Waals surface area contributed by atoms with E-state index in [2.05, 4.69) is 27.9 Å². The number of hydrogen-bond donors (Lipinski definition) is 1. The van der Waals surface area contributed by atoms with Crippen LogP contribution in [0.25, 0.3) is 6.08 Å². The van der Waals surface area contributed by atoms with Crippen LogP contribution >= 0.6 is 34.8 Å². The minimum Gasteiger partial charge on any atom is -0.490 e. The number of carbonyl (C=O) groups is 2. The smallest absolute Gasteiger partial charge is 0.265 e. The Labute approximate surface area is 188 Å². The summed E-state index contributed by atoms with van der Waals surface area (Å²) in [6, 6.07) is 13.4. The van der Waals surface area contributed by atoms with Gasteiger partial charge in [-0.1, -0.05) is 30.3 Å². The molecule has 0 aromatic heterocycles. The SMILES string of the molecule is CCOc1cc(/C=C2\C(=O)NC(=S)N(C)C2=O)cc(I)c1OCc1ccccc1. The number of benzene rings is 2. The average Bonchev–Trinajstić information content (AvgIpc) is 2.70. The molecule has 6 nitrogen and oxygen atoms in total. The fraction of sp³-hybridized carbons (Fsp3) is 0.190. The number of carbonyl (C=O) groups excluding carboxylic acids is 2. The summed E-state index contributed by atoms with van der Waals surface area (Å²) in [6.07, 6.45) is 1.53. The van der Waals surface area contributed by atoms with Crippen molar-refractivity contribution in [3.05, 3.63) is 62.7 Å². The predicted molar refractivity (Wildman–Crippen MR) is 123 cm³/mol. The quantitative estimate of drug-likeness (QED) is 0.272. The highest BCUT2D eigenvalue weighted by Gasteiger charge is 2.30. The van der Waals surface area contributed by atoms with Gasteiger partial charge in [0.15, 0.2) is 16.6 Å². The third-order valence-corrected chi connectivity index (χ3v) is 5.35. The molecule has 1 aliphatic heterocycles. The number of rotatable bonds is 6. The number of ether oxygens (including phenoxy) is 2. The highest BCUT2D eigenvalue weighted by Crippen LogP contribution is 2.35. The number of thiocarbonyl (C=S) groups is 1. The first-order valence-corrected chi connectivity index (χ1v) is 10.4. The van der Waals surface area contributed by atoms with Gasteiger partial charge in [0.25, 0.3) is 11.8 Å². The van der Waals surface area contributed by atoms with E-state index in [0.717, 1.165) is 9.13 Å². The number of nitrogens with zero attached hydrogens (tertiary/aromatic N) is 1. The average molecular weight is 522 g/mol. The van der Waals surface area contributed by atoms with E-state index in [9.17, 15) is 9.59 Å². The number of likely N-dealkylation sites (N-methyl/N-ethyl adjacent to an activating group) is 1. The summed E-state index contributed by atoms with van der Waals surface area (Å²) in [7, 11) is 1.52. The maximum Gasteiger partial charge on any atom is 0.265 e. The molecule has 0 saturated carbocycles. The normalized spacial score (nSPS) is 15.5. The molecule has 0 unspecified atom stereocenters. The Morgan fingerprint density at radius 2 is 1.90 bits per heavy atom. The van der Waals surface area contributed by atoms with Crippen LogP contribution < -0.4 is 14.8 Å². The summed E-state index contributed by atoms with van der Waals surface area (Å²) in [4.78, 5) is 25.9. The molecular formula is C21H19IN2O4S. The highest BCUT2D eigenvalue weighted by molar-refractivity contribution is 14.1. The Bertz CT molecular complexity index is 992. The van der Waals surface area contributed by atoms with Crippen LogP contribution in [0.1, 0.15) is 18.1 Å². The molecule has 1 N–H and O–H groups in total. The van der Waals surface area contributed by atoms with Gasteiger partial charge in [0.2, 0.25) is 0 Å². The maximum absolute atomic E-state index is 12.4. The summed E-state index contributed by atoms with van der Waals surface area (Å²) in [6.45, 7) is 2.74. The van der Waals surface area contributed by atoms with Crippen molar-refractivity contribution in [2.45, 2.75) is 13.5 Å². The zero-order valence-electron chi connectivity index (χ0n) is 15.9. The van der Waals surface area contributed by atoms with Crippen LogP contribution in [0.5, 0.6) is 11.5 Å². The second-order valence-corrected chi connectivity index (χ2v) is 7.77. The monoisotopic (exact) mass is 522 g/mol. The van der Waals surface area contributed by atoms with E-state index < -0.39 is 11.8 Å². The van der Waals surface area contributed by atoms with E-state index in [1.807, 2.05) is 43.3 Å². The molecule has 3 rings (SSSR count). The van der Waals surface area contributed by atoms with Gasteiger partial charge in [-0.25, -0.2) is 0 Å². The summed E-state index contributed by atoms with van der Waals surface area (Å²) < 4.78 is 12.6. The lowest BCUT2D eigenvalue weighted by Gasteiger charge is -2.25. The fourth-order valence-corrected chi connectivity index (χ4v) is 3.67. The number of halogens is 1. The van der Waals surface area contributed by atoms with E-state index in [4.69, 9.17) is 21.7 Å². The molecule has 1 heterocycles. The molecule has 1 fully saturated rings. The van der Waals surface area contributed by atoms with Crippen molar-refractivity contribution in [2.75, 3.05) is 13.7 Å². The Balaban J connectivity index is 1.92. The van der Waals surface area contributed by atoms with Crippen molar-refractivity contribution in [3.8, 4) is 11.5 Å². The van der Waals surface area contributed by atoms with Crippen molar-refractivity contribution in [3.63, 3.8) is 0 Å². The van der Waals surface area contributed by atoms with E-state index in [0.29, 0.717) is 30.3 Å². The Morgan fingerprint density at radius 3 is 2.59 bits per heavy atom. The largest absolute Gasteiger partial charge is 0.490 e. The van der Waals surface area contributed by atoms with Gasteiger partial charge < -0.3 is 9.47 Å². The van der Waals surface area contributed by atoms with Gasteiger partial charge in [-0.3, -0.25) is 19.8 Å². The van der Waals surface area contributed by atoms with Gasteiger partial charge >= 0.3 is 0 Å². The molecular weight excluding hydrogens is 503 g/mol. The molecule has 0 aliphatic carbocycles. The molecule has 2 amide bonds. The van der Waals surface area contributed by atoms with Crippen LogP contribution in [0, 0.1) is 3.57 Å². The van der Waals surface area contributed by atoms with Crippen LogP contribution in [0.2, 0.25) is 0 Å². The number of hydrogen-bond acceptors (Lipinski definition) is 5. The lowest BCUT2D eigenvalue weighted by Crippen LogP contribution is -2.52. The molecule has 2 aromatic rings. The first kappa shape index (κ1) is 21.3. The van der Waals surface area contributed by atoms with E-state index in [1.54, 1.807) is 6.07 Å². The van der Waals surface area contributed by atoms with E-state index in [-0.39, 0.29) is 10.7 Å². The molecule has 2 aromatic carbocycles. The lowest BCUT2D eigenvalue weighted by atomic mass is 10.1. The minimum atomic E-state index is -0.518. The third-order valence-electron chi connectivity index (χ3n) is 4.17. The predicted octanol–water partition coefficient (Wildman–Crippen LogP) is 3.53. The second kappa shape index (κ2) is 9.36. The topological polar surface area (TPSA) is 67.9 Å². The molecule has 0 spiro atoms. The fourth-order valence-electron chi connectivity index (χ4n) is 2.72. The molecule has 0 bridgehead atoms. The van der Waals surface area contributed by atoms with E-state index >= 15 is 0 Å². The van der Waals surface area contributed by atoms with Crippen LogP contribution in [-0.2, 0) is 16.2 Å². The molecule has 1 aliphatic rings. The van der Waals surface area contributed by atoms with Gasteiger partial charge in [-0.15, -0.1) is 0 Å². The van der Waals surface area contributed by atoms with Crippen LogP contribution in [0.3, 0.4) is 0 Å². The summed E-state index contributed by atoms with van der Waals surface area (Å²) in [5.74, 6) is 0.206. The van der Waals surface area contributed by atoms with Gasteiger partial charge in [-0.2, -0.15) is 0 Å². The van der Waals surface area contributed by atoms with Crippen molar-refractivity contribution in [2.24, 2.45) is 0 Å². The van der Waals surface area contributed by atoms with Crippen LogP contribution in [0.15, 0.2) is 48.0 Å². The van der Waals surface area contributed by atoms with Gasteiger partial charge in [0, 0.05) is 7.05 Å². The zero-order valence-corrected chi connectivity index (χ0v) is 18.9. The molecule has 29 heavy (non-hydrogen) atoms. The summed E-state index contributed by atoms with van der Waals surface area (Å²) >= 11 is 7.13. The lowest BCUT2D eigenvalue weighted by molar-refractivity contribution is -0.128. The first-order chi connectivity index (χ1) is 13.9. The molecule has 0 radical (unpaired) electrons.